The number of esters is 1. The quantitative estimate of drug-likeness (QED) is 0.402. The Kier molecular flexibility index (Phi) is 6.61. The van der Waals surface area contributed by atoms with Crippen LogP contribution in [0.2, 0.25) is 4.37 Å². The molecule has 2 nitrogen and oxygen atoms in total. The molecule has 0 aromatic rings. The van der Waals surface area contributed by atoms with E-state index >= 15 is 0 Å². The summed E-state index contributed by atoms with van der Waals surface area (Å²) in [4.78, 5) is 10.5. The van der Waals surface area contributed by atoms with E-state index in [1.54, 1.807) is 0 Å². The minimum atomic E-state index is -0.0362. The Morgan fingerprint density at radius 3 is 2.78 bits per heavy atom. The van der Waals surface area contributed by atoms with Gasteiger partial charge in [-0.2, -0.15) is 0 Å². The second kappa shape index (κ2) is 6.41. The van der Waals surface area contributed by atoms with Gasteiger partial charge in [0, 0.05) is 0 Å². The molecule has 0 aliphatic carbocycles. The molecular weight excluding hydrogens is 226 g/mol. The summed E-state index contributed by atoms with van der Waals surface area (Å²) >= 11 is 0.973. The number of carbonyl (C=O) groups is 1. The Labute approximate surface area is 69.4 Å². The average Bonchev–Trinajstić information content (AvgIpc) is 1.89. The van der Waals surface area contributed by atoms with Gasteiger partial charge >= 0.3 is 69.3 Å². The van der Waals surface area contributed by atoms with E-state index in [-0.39, 0.29) is 5.97 Å². The van der Waals surface area contributed by atoms with Crippen LogP contribution in [0.4, 0.5) is 0 Å². The van der Waals surface area contributed by atoms with Gasteiger partial charge in [0.2, 0.25) is 0 Å². The van der Waals surface area contributed by atoms with Crippen LogP contribution in [0.3, 0.4) is 0 Å². The van der Waals surface area contributed by atoms with E-state index in [1.165, 1.54) is 0 Å². The summed E-state index contributed by atoms with van der Waals surface area (Å²) in [5, 5.41) is 0. The predicted molar refractivity (Wildman–Crippen MR) is 39.2 cm³/mol. The van der Waals surface area contributed by atoms with Crippen molar-refractivity contribution >= 4 is 29.0 Å². The van der Waals surface area contributed by atoms with Gasteiger partial charge < -0.3 is 0 Å². The molecule has 0 atom stereocenters. The molecule has 0 N–H and O–H groups in total. The van der Waals surface area contributed by atoms with Crippen LogP contribution in [-0.2, 0) is 9.53 Å². The zero-order chi connectivity index (χ0) is 7.11. The first-order valence-electron chi connectivity index (χ1n) is 3.17. The van der Waals surface area contributed by atoms with Crippen molar-refractivity contribution in [3.05, 3.63) is 0 Å². The molecule has 0 saturated heterocycles. The number of hydrogen-bond donors (Lipinski definition) is 0. The third-order valence-electron chi connectivity index (χ3n) is 0.928. The van der Waals surface area contributed by atoms with Crippen molar-refractivity contribution < 1.29 is 9.53 Å². The van der Waals surface area contributed by atoms with Gasteiger partial charge in [-0.05, 0) is 0 Å². The second-order valence-corrected chi connectivity index (χ2v) is 2.94. The van der Waals surface area contributed by atoms with Gasteiger partial charge in [-0.3, -0.25) is 0 Å². The number of ether oxygens (including phenoxy) is 1. The molecule has 3 heteroatoms. The third kappa shape index (κ3) is 6.17. The van der Waals surface area contributed by atoms with Gasteiger partial charge in [-0.1, -0.05) is 0 Å². The number of rotatable bonds is 4. The van der Waals surface area contributed by atoms with Crippen LogP contribution in [0, 0.1) is 0 Å². The van der Waals surface area contributed by atoms with E-state index in [0.717, 1.165) is 35.9 Å². The molecule has 0 fully saturated rings. The SMILES string of the molecule is CCCCOC(=O)[CH2][SbH2]. The fraction of sp³-hybridized carbons (Fsp3) is 0.833. The van der Waals surface area contributed by atoms with Crippen LogP contribution >= 0.6 is 0 Å². The van der Waals surface area contributed by atoms with Crippen molar-refractivity contribution in [2.24, 2.45) is 0 Å². The van der Waals surface area contributed by atoms with Crippen LogP contribution in [0.15, 0.2) is 0 Å². The van der Waals surface area contributed by atoms with E-state index in [2.05, 4.69) is 6.92 Å². The first kappa shape index (κ1) is 9.29. The molecule has 0 radical (unpaired) electrons. The average molecular weight is 239 g/mol. The Balaban J connectivity index is 2.97. The van der Waals surface area contributed by atoms with Crippen molar-refractivity contribution in [1.82, 2.24) is 0 Å². The summed E-state index contributed by atoms with van der Waals surface area (Å²) in [5.74, 6) is -0.0362. The van der Waals surface area contributed by atoms with E-state index in [4.69, 9.17) is 4.74 Å². The van der Waals surface area contributed by atoms with E-state index in [1.807, 2.05) is 0 Å². The van der Waals surface area contributed by atoms with Crippen LogP contribution in [0.5, 0.6) is 0 Å². The van der Waals surface area contributed by atoms with Crippen LogP contribution in [0.25, 0.3) is 0 Å². The second-order valence-electron chi connectivity index (χ2n) is 1.78. The summed E-state index contributed by atoms with van der Waals surface area (Å²) in [6, 6.07) is 0. The first-order chi connectivity index (χ1) is 4.31. The van der Waals surface area contributed by atoms with Gasteiger partial charge in [0.05, 0.1) is 0 Å². The molecule has 0 rings (SSSR count). The van der Waals surface area contributed by atoms with Gasteiger partial charge in [-0.25, -0.2) is 0 Å². The third-order valence-corrected chi connectivity index (χ3v) is 1.88. The minimum absolute atomic E-state index is 0.0362. The molecule has 9 heavy (non-hydrogen) atoms. The Bertz CT molecular complexity index is 83.1. The normalized spacial score (nSPS) is 9.11. The summed E-state index contributed by atoms with van der Waals surface area (Å²) < 4.78 is 5.44. The Morgan fingerprint density at radius 2 is 2.33 bits per heavy atom. The van der Waals surface area contributed by atoms with Gasteiger partial charge in [0.15, 0.2) is 0 Å². The van der Waals surface area contributed by atoms with E-state index < -0.39 is 0 Å². The van der Waals surface area contributed by atoms with Crippen molar-refractivity contribution in [2.45, 2.75) is 24.1 Å². The fourth-order valence-electron chi connectivity index (χ4n) is 0.389. The van der Waals surface area contributed by atoms with Gasteiger partial charge in [0.25, 0.3) is 0 Å². The van der Waals surface area contributed by atoms with Crippen LogP contribution in [0.1, 0.15) is 19.8 Å². The van der Waals surface area contributed by atoms with Gasteiger partial charge in [0.1, 0.15) is 0 Å². The van der Waals surface area contributed by atoms with E-state index in [0.29, 0.717) is 11.0 Å². The number of carbonyl (C=O) groups excluding carboxylic acids is 1. The van der Waals surface area contributed by atoms with Crippen LogP contribution in [-0.4, -0.2) is 35.6 Å². The van der Waals surface area contributed by atoms with Crippen molar-refractivity contribution in [1.29, 1.82) is 0 Å². The monoisotopic (exact) mass is 238 g/mol. The molecule has 0 aromatic carbocycles. The summed E-state index contributed by atoms with van der Waals surface area (Å²) in [7, 11) is 0. The molecule has 0 amide bonds. The predicted octanol–water partition coefficient (Wildman–Crippen LogP) is 0.381. The standard InChI is InChI=1S/C6H11O2.Sb.2H/c1-3-4-5-8-6(2)7;;;/h2-5H2,1H3;;;. The maximum absolute atomic E-state index is 10.5. The first-order valence-corrected chi connectivity index (χ1v) is 5.50. The Hall–Kier alpha value is 0.288. The molecule has 0 unspecified atom stereocenters. The topological polar surface area (TPSA) is 26.3 Å². The van der Waals surface area contributed by atoms with Crippen molar-refractivity contribution in [2.75, 3.05) is 6.61 Å². The fourth-order valence-corrected chi connectivity index (χ4v) is 0.726. The van der Waals surface area contributed by atoms with Gasteiger partial charge in [-0.15, -0.1) is 0 Å². The van der Waals surface area contributed by atoms with Crippen LogP contribution < -0.4 is 0 Å². The molecule has 0 heterocycles. The molecule has 54 valence electrons. The van der Waals surface area contributed by atoms with Crippen molar-refractivity contribution in [3.63, 3.8) is 0 Å². The summed E-state index contributed by atoms with van der Waals surface area (Å²) in [6.45, 7) is 2.68. The molecule has 0 spiro atoms. The number of unbranched alkanes of at least 4 members (excludes halogenated alkanes) is 1. The molecule has 0 aliphatic heterocycles. The Morgan fingerprint density at radius 1 is 1.67 bits per heavy atom. The molecule has 0 bridgehead atoms. The molecule has 0 aliphatic rings. The zero-order valence-corrected chi connectivity index (χ0v) is 9.02. The molecular formula is C6H13O2Sb. The maximum atomic E-state index is 10.5. The molecule has 0 aromatic heterocycles. The van der Waals surface area contributed by atoms with Crippen molar-refractivity contribution in [3.8, 4) is 0 Å². The summed E-state index contributed by atoms with van der Waals surface area (Å²) in [5.41, 5.74) is 0. The number of hydrogen-bond acceptors (Lipinski definition) is 2. The zero-order valence-electron chi connectivity index (χ0n) is 5.72. The summed E-state index contributed by atoms with van der Waals surface area (Å²) in [6.07, 6.45) is 2.08. The van der Waals surface area contributed by atoms with E-state index in [9.17, 15) is 4.79 Å². The molecule has 0 saturated carbocycles.